The lowest BCUT2D eigenvalue weighted by Crippen LogP contribution is -2.43. The first-order valence-electron chi connectivity index (χ1n) is 36.3. The van der Waals surface area contributed by atoms with E-state index in [-0.39, 0.29) is 22.3 Å². The van der Waals surface area contributed by atoms with Crippen LogP contribution in [-0.4, -0.2) is 49.3 Å². The SMILES string of the molecule is CCCCCCCCCCCCCCCCCCOc1ccc(C=Nc2cccc3c(N4C(=O)c5ccc6c7c(ccc(c57)C4=O)C(=O)N(c4cccc5c(N=Cc7ccc(OCCCCCCCCCCCCCCCCCC)cc7)cccc45)C6=O)cccc23)cc1. The van der Waals surface area contributed by atoms with Gasteiger partial charge >= 0.3 is 0 Å². The number of unbranched alkanes of at least 4 members (excludes halogenated alkanes) is 30. The molecule has 0 aromatic heterocycles. The lowest BCUT2D eigenvalue weighted by Gasteiger charge is -2.32. The van der Waals surface area contributed by atoms with Gasteiger partial charge in [-0.15, -0.1) is 0 Å². The fraction of sp³-hybridized carbons (Fsp3) is 0.429. The molecule has 10 heteroatoms. The van der Waals surface area contributed by atoms with E-state index in [9.17, 15) is 19.2 Å². The molecule has 0 aliphatic carbocycles. The summed E-state index contributed by atoms with van der Waals surface area (Å²) in [5.41, 5.74) is 4.91. The van der Waals surface area contributed by atoms with Crippen molar-refractivity contribution in [3.8, 4) is 11.5 Å². The van der Waals surface area contributed by atoms with Crippen LogP contribution in [-0.2, 0) is 0 Å². The van der Waals surface area contributed by atoms with E-state index in [2.05, 4.69) is 13.8 Å². The first-order chi connectivity index (χ1) is 46.3. The van der Waals surface area contributed by atoms with Gasteiger partial charge in [-0.3, -0.25) is 29.2 Å². The maximum Gasteiger partial charge on any atom is 0.266 e. The number of carbonyl (C=O) groups excluding carboxylic acids is 4. The smallest absolute Gasteiger partial charge is 0.266 e. The number of hydrogen-bond donors (Lipinski definition) is 0. The number of amides is 4. The van der Waals surface area contributed by atoms with Gasteiger partial charge in [0.15, 0.2) is 0 Å². The molecule has 0 spiro atoms. The summed E-state index contributed by atoms with van der Waals surface area (Å²) in [4.78, 5) is 71.4. The fourth-order valence-electron chi connectivity index (χ4n) is 13.7. The Kier molecular flexibility index (Phi) is 26.6. The van der Waals surface area contributed by atoms with E-state index in [1.807, 2.05) is 122 Å². The Balaban J connectivity index is 0.706. The molecule has 10 nitrogen and oxygen atoms in total. The topological polar surface area (TPSA) is 118 Å². The standard InChI is InChI=1S/C84H100N4O6/c1-3-5-7-9-11-13-15-17-19-21-23-25-27-29-31-33-59-93-65-51-47-63(48-52-65)61-85-75-43-35-41-69-67(75)39-37-45-77(69)87-81(89)71-55-57-73-80-74(58-56-72(79(71)80)82(87)90)84(92)88(83(73)91)78-46-38-40-68-70(78)42-36-44-76(68)86-62-64-49-53-66(54-50-64)94-60-34-32-30-28-26-24-22-20-18-16-14-12-10-8-6-4-2/h35-58,61-62H,3-34,59-60H2,1-2H3. The molecule has 2 aliphatic heterocycles. The summed E-state index contributed by atoms with van der Waals surface area (Å²) in [7, 11) is 0. The molecule has 0 radical (unpaired) electrons. The Morgan fingerprint density at radius 1 is 0.298 bits per heavy atom. The average molecular weight is 1260 g/mol. The highest BCUT2D eigenvalue weighted by atomic mass is 16.5. The van der Waals surface area contributed by atoms with Crippen molar-refractivity contribution in [3.63, 3.8) is 0 Å². The van der Waals surface area contributed by atoms with Crippen LogP contribution < -0.4 is 19.3 Å². The number of ether oxygens (including phenoxy) is 2. The normalized spacial score (nSPS) is 13.1. The fourth-order valence-corrected chi connectivity index (χ4v) is 13.7. The van der Waals surface area contributed by atoms with Crippen LogP contribution in [0.5, 0.6) is 11.5 Å². The molecule has 8 aromatic rings. The Bertz CT molecular complexity index is 3530. The summed E-state index contributed by atoms with van der Waals surface area (Å²) in [6.45, 7) is 5.96. The number of rotatable bonds is 42. The third kappa shape index (κ3) is 18.2. The van der Waals surface area contributed by atoms with Gasteiger partial charge in [-0.1, -0.05) is 255 Å². The maximum atomic E-state index is 14.8. The molecule has 0 fully saturated rings. The first kappa shape index (κ1) is 68.6. The van der Waals surface area contributed by atoms with Crippen molar-refractivity contribution in [2.75, 3.05) is 23.0 Å². The predicted octanol–water partition coefficient (Wildman–Crippen LogP) is 23.5. The van der Waals surface area contributed by atoms with Gasteiger partial charge in [0.2, 0.25) is 0 Å². The second kappa shape index (κ2) is 36.4. The Morgan fingerprint density at radius 2 is 0.564 bits per heavy atom. The zero-order valence-electron chi connectivity index (χ0n) is 56.3. The number of aliphatic imine (C=N–C) groups is 2. The summed E-state index contributed by atoms with van der Waals surface area (Å²) < 4.78 is 12.2. The molecule has 2 aliphatic rings. The predicted molar refractivity (Wildman–Crippen MR) is 392 cm³/mol. The molecule has 94 heavy (non-hydrogen) atoms. The number of hydrogen-bond acceptors (Lipinski definition) is 8. The highest BCUT2D eigenvalue weighted by molar-refractivity contribution is 6.43. The van der Waals surface area contributed by atoms with Crippen molar-refractivity contribution in [2.24, 2.45) is 9.98 Å². The summed E-state index contributed by atoms with van der Waals surface area (Å²) >= 11 is 0. The van der Waals surface area contributed by atoms with Crippen LogP contribution in [0.1, 0.15) is 272 Å². The van der Waals surface area contributed by atoms with Crippen LogP contribution in [0.15, 0.2) is 156 Å². The molecule has 0 unspecified atom stereocenters. The van der Waals surface area contributed by atoms with Crippen LogP contribution in [0.2, 0.25) is 0 Å². The van der Waals surface area contributed by atoms with E-state index in [1.165, 1.54) is 202 Å². The van der Waals surface area contributed by atoms with Crippen molar-refractivity contribution in [1.82, 2.24) is 0 Å². The van der Waals surface area contributed by atoms with Gasteiger partial charge in [0, 0.05) is 67.0 Å². The molecular formula is C84H100N4O6. The van der Waals surface area contributed by atoms with Gasteiger partial charge in [0.25, 0.3) is 23.6 Å². The quantitative estimate of drug-likeness (QED) is 0.0214. The highest BCUT2D eigenvalue weighted by Gasteiger charge is 2.41. The molecule has 0 saturated carbocycles. The molecule has 0 N–H and O–H groups in total. The van der Waals surface area contributed by atoms with Gasteiger partial charge in [0.1, 0.15) is 11.5 Å². The zero-order chi connectivity index (χ0) is 65.1. The van der Waals surface area contributed by atoms with Gasteiger partial charge in [0.05, 0.1) is 36.0 Å². The van der Waals surface area contributed by atoms with Gasteiger partial charge < -0.3 is 9.47 Å². The first-order valence-corrected chi connectivity index (χ1v) is 36.3. The number of carbonyl (C=O) groups is 4. The largest absolute Gasteiger partial charge is 0.494 e. The average Bonchev–Trinajstić information content (AvgIpc) is 0.708. The summed E-state index contributed by atoms with van der Waals surface area (Å²) in [5, 5.41) is 3.47. The molecule has 492 valence electrons. The minimum absolute atomic E-state index is 0.230. The Hall–Kier alpha value is -8.24. The number of nitrogens with zero attached hydrogens (tertiary/aromatic N) is 4. The van der Waals surface area contributed by atoms with E-state index in [1.54, 1.807) is 36.4 Å². The molecule has 0 atom stereocenters. The second-order valence-corrected chi connectivity index (χ2v) is 26.2. The van der Waals surface area contributed by atoms with Crippen LogP contribution in [0.4, 0.5) is 22.7 Å². The number of fused-ring (bicyclic) bond motifs is 2. The maximum absolute atomic E-state index is 14.8. The van der Waals surface area contributed by atoms with Crippen molar-refractivity contribution in [2.45, 2.75) is 219 Å². The van der Waals surface area contributed by atoms with E-state index in [0.717, 1.165) is 46.2 Å². The van der Waals surface area contributed by atoms with Gasteiger partial charge in [-0.2, -0.15) is 0 Å². The molecule has 4 amide bonds. The van der Waals surface area contributed by atoms with E-state index >= 15 is 0 Å². The molecule has 10 rings (SSSR count). The van der Waals surface area contributed by atoms with E-state index in [4.69, 9.17) is 19.5 Å². The second-order valence-electron chi connectivity index (χ2n) is 26.2. The lowest BCUT2D eigenvalue weighted by atomic mass is 9.85. The van der Waals surface area contributed by atoms with Crippen LogP contribution in [0, 0.1) is 0 Å². The lowest BCUT2D eigenvalue weighted by molar-refractivity contribution is 0.0873. The Morgan fingerprint density at radius 3 is 0.862 bits per heavy atom. The molecule has 2 heterocycles. The molecule has 8 aromatic carbocycles. The highest BCUT2D eigenvalue weighted by Crippen LogP contribution is 2.44. The van der Waals surface area contributed by atoms with Crippen molar-refractivity contribution in [1.29, 1.82) is 0 Å². The van der Waals surface area contributed by atoms with Crippen LogP contribution in [0.25, 0.3) is 32.3 Å². The van der Waals surface area contributed by atoms with Crippen molar-refractivity contribution < 1.29 is 28.7 Å². The third-order valence-corrected chi connectivity index (χ3v) is 19.1. The Labute approximate surface area is 559 Å². The van der Waals surface area contributed by atoms with E-state index in [0.29, 0.717) is 57.5 Å². The van der Waals surface area contributed by atoms with Crippen molar-refractivity contribution in [3.05, 3.63) is 179 Å². The minimum atomic E-state index is -0.547. The molecular weight excluding hydrogens is 1160 g/mol. The number of imide groups is 2. The molecule has 0 saturated heterocycles. The molecule has 0 bridgehead atoms. The number of benzene rings is 8. The summed E-state index contributed by atoms with van der Waals surface area (Å²) in [5.74, 6) is -0.518. The monoisotopic (exact) mass is 1260 g/mol. The van der Waals surface area contributed by atoms with Crippen molar-refractivity contribution >= 4 is 91.1 Å². The van der Waals surface area contributed by atoms with Gasteiger partial charge in [-0.05, 0) is 121 Å². The van der Waals surface area contributed by atoms with Crippen LogP contribution in [0.3, 0.4) is 0 Å². The summed E-state index contributed by atoms with van der Waals surface area (Å²) in [6, 6.07) is 44.7. The number of anilines is 2. The van der Waals surface area contributed by atoms with Crippen LogP contribution >= 0.6 is 0 Å². The third-order valence-electron chi connectivity index (χ3n) is 19.1. The zero-order valence-corrected chi connectivity index (χ0v) is 56.3. The summed E-state index contributed by atoms with van der Waals surface area (Å²) in [6.07, 6.45) is 46.5. The van der Waals surface area contributed by atoms with Gasteiger partial charge in [-0.25, -0.2) is 9.80 Å². The minimum Gasteiger partial charge on any atom is -0.494 e. The van der Waals surface area contributed by atoms with E-state index < -0.39 is 23.6 Å².